The Balaban J connectivity index is 0.00000364. The van der Waals surface area contributed by atoms with Gasteiger partial charge in [-0.25, -0.2) is 4.98 Å². The van der Waals surface area contributed by atoms with Crippen molar-refractivity contribution >= 4 is 29.9 Å². The zero-order valence-electron chi connectivity index (χ0n) is 17.2. The molecule has 0 spiro atoms. The fourth-order valence-corrected chi connectivity index (χ4v) is 3.20. The van der Waals surface area contributed by atoms with Gasteiger partial charge in [0.15, 0.2) is 5.96 Å². The molecule has 0 radical (unpaired) electrons. The fraction of sp³-hybridized carbons (Fsp3) is 0.700. The molecule has 1 aliphatic rings. The molecule has 0 aromatic carbocycles. The second kappa shape index (κ2) is 11.7. The third-order valence-electron chi connectivity index (χ3n) is 4.54. The SMILES string of the molecule is CN=C(NCc1ccnc(OC(C)CC(C)C)c1)NCC1(C)CCCO1.I. The molecular formula is C20H35IN4O2. The summed E-state index contributed by atoms with van der Waals surface area (Å²) in [6, 6.07) is 3.97. The third-order valence-corrected chi connectivity index (χ3v) is 4.54. The van der Waals surface area contributed by atoms with Gasteiger partial charge in [0.25, 0.3) is 0 Å². The average Bonchev–Trinajstić information content (AvgIpc) is 3.01. The van der Waals surface area contributed by atoms with Gasteiger partial charge in [-0.3, -0.25) is 4.99 Å². The quantitative estimate of drug-likeness (QED) is 0.330. The molecule has 1 aromatic rings. The Labute approximate surface area is 180 Å². The Hall–Kier alpha value is -1.09. The lowest BCUT2D eigenvalue weighted by Gasteiger charge is -2.24. The van der Waals surface area contributed by atoms with Crippen molar-refractivity contribution in [3.8, 4) is 5.88 Å². The molecule has 2 heterocycles. The van der Waals surface area contributed by atoms with Gasteiger partial charge in [0.1, 0.15) is 0 Å². The van der Waals surface area contributed by atoms with E-state index >= 15 is 0 Å². The summed E-state index contributed by atoms with van der Waals surface area (Å²) in [7, 11) is 1.78. The molecule has 154 valence electrons. The minimum absolute atomic E-state index is 0. The number of rotatable bonds is 8. The Morgan fingerprint density at radius 3 is 2.78 bits per heavy atom. The zero-order valence-corrected chi connectivity index (χ0v) is 19.6. The number of nitrogens with one attached hydrogen (secondary N) is 2. The lowest BCUT2D eigenvalue weighted by molar-refractivity contribution is 0.0243. The van der Waals surface area contributed by atoms with Crippen molar-refractivity contribution in [1.82, 2.24) is 15.6 Å². The molecule has 2 rings (SSSR count). The van der Waals surface area contributed by atoms with Crippen molar-refractivity contribution in [1.29, 1.82) is 0 Å². The predicted octanol–water partition coefficient (Wildman–Crippen LogP) is 3.75. The first-order valence-electron chi connectivity index (χ1n) is 9.60. The Morgan fingerprint density at radius 1 is 1.37 bits per heavy atom. The summed E-state index contributed by atoms with van der Waals surface area (Å²) < 4.78 is 11.7. The molecule has 2 atom stereocenters. The molecule has 2 unspecified atom stereocenters. The van der Waals surface area contributed by atoms with E-state index in [1.807, 2.05) is 12.1 Å². The number of nitrogens with zero attached hydrogens (tertiary/aromatic N) is 2. The predicted molar refractivity (Wildman–Crippen MR) is 121 cm³/mol. The van der Waals surface area contributed by atoms with Crippen LogP contribution in [0.1, 0.15) is 52.5 Å². The first kappa shape index (κ1) is 23.9. The maximum absolute atomic E-state index is 5.93. The van der Waals surface area contributed by atoms with E-state index in [1.54, 1.807) is 13.2 Å². The van der Waals surface area contributed by atoms with Crippen LogP contribution >= 0.6 is 24.0 Å². The molecule has 0 saturated carbocycles. The van der Waals surface area contributed by atoms with Crippen molar-refractivity contribution in [2.45, 2.75) is 65.2 Å². The topological polar surface area (TPSA) is 67.8 Å². The number of halogens is 1. The summed E-state index contributed by atoms with van der Waals surface area (Å²) in [5.74, 6) is 2.05. The third kappa shape index (κ3) is 8.64. The molecule has 7 heteroatoms. The maximum Gasteiger partial charge on any atom is 0.213 e. The van der Waals surface area contributed by atoms with Crippen LogP contribution in [0.3, 0.4) is 0 Å². The van der Waals surface area contributed by atoms with Gasteiger partial charge in [-0.1, -0.05) is 13.8 Å². The monoisotopic (exact) mass is 490 g/mol. The Kier molecular flexibility index (Phi) is 10.4. The van der Waals surface area contributed by atoms with E-state index in [9.17, 15) is 0 Å². The van der Waals surface area contributed by atoms with E-state index in [2.05, 4.69) is 48.3 Å². The highest BCUT2D eigenvalue weighted by Crippen LogP contribution is 2.23. The first-order valence-corrected chi connectivity index (χ1v) is 9.60. The van der Waals surface area contributed by atoms with Gasteiger partial charge < -0.3 is 20.1 Å². The molecule has 1 aromatic heterocycles. The number of guanidine groups is 1. The van der Waals surface area contributed by atoms with Gasteiger partial charge in [0.05, 0.1) is 11.7 Å². The van der Waals surface area contributed by atoms with E-state index in [0.717, 1.165) is 43.9 Å². The van der Waals surface area contributed by atoms with Crippen molar-refractivity contribution in [2.75, 3.05) is 20.2 Å². The molecule has 1 fully saturated rings. The van der Waals surface area contributed by atoms with Gasteiger partial charge >= 0.3 is 0 Å². The first-order chi connectivity index (χ1) is 12.4. The second-order valence-corrected chi connectivity index (χ2v) is 7.74. The lowest BCUT2D eigenvalue weighted by atomic mass is 10.0. The summed E-state index contributed by atoms with van der Waals surface area (Å²) in [6.45, 7) is 10.9. The van der Waals surface area contributed by atoms with Crippen molar-refractivity contribution < 1.29 is 9.47 Å². The van der Waals surface area contributed by atoms with Crippen molar-refractivity contribution in [3.63, 3.8) is 0 Å². The van der Waals surface area contributed by atoms with Gasteiger partial charge in [0, 0.05) is 39.0 Å². The largest absolute Gasteiger partial charge is 0.475 e. The molecule has 1 saturated heterocycles. The van der Waals surface area contributed by atoms with E-state index in [0.29, 0.717) is 18.3 Å². The summed E-state index contributed by atoms with van der Waals surface area (Å²) in [5, 5.41) is 6.70. The van der Waals surface area contributed by atoms with E-state index in [-0.39, 0.29) is 35.7 Å². The molecule has 2 N–H and O–H groups in total. The van der Waals surface area contributed by atoms with Crippen LogP contribution in [-0.2, 0) is 11.3 Å². The Morgan fingerprint density at radius 2 is 2.15 bits per heavy atom. The van der Waals surface area contributed by atoms with E-state index in [1.165, 1.54) is 0 Å². The van der Waals surface area contributed by atoms with E-state index < -0.39 is 0 Å². The minimum atomic E-state index is -0.0954. The van der Waals surface area contributed by atoms with Gasteiger partial charge in [-0.2, -0.15) is 0 Å². The van der Waals surface area contributed by atoms with Crippen LogP contribution in [0.5, 0.6) is 5.88 Å². The molecule has 6 nitrogen and oxygen atoms in total. The molecule has 27 heavy (non-hydrogen) atoms. The summed E-state index contributed by atoms with van der Waals surface area (Å²) in [5.41, 5.74) is 1.01. The van der Waals surface area contributed by atoms with Crippen LogP contribution < -0.4 is 15.4 Å². The number of hydrogen-bond donors (Lipinski definition) is 2. The van der Waals surface area contributed by atoms with Crippen LogP contribution in [0.2, 0.25) is 0 Å². The number of hydrogen-bond acceptors (Lipinski definition) is 4. The highest BCUT2D eigenvalue weighted by atomic mass is 127. The average molecular weight is 490 g/mol. The number of pyridine rings is 1. The number of aromatic nitrogens is 1. The summed E-state index contributed by atoms with van der Waals surface area (Å²) in [6.07, 6.45) is 5.17. The van der Waals surface area contributed by atoms with Crippen LogP contribution in [-0.4, -0.2) is 42.8 Å². The lowest BCUT2D eigenvalue weighted by Crippen LogP contribution is -2.45. The maximum atomic E-state index is 5.93. The molecule has 0 bridgehead atoms. The zero-order chi connectivity index (χ0) is 19.0. The summed E-state index contributed by atoms with van der Waals surface area (Å²) >= 11 is 0. The number of aliphatic imine (C=N–C) groups is 1. The van der Waals surface area contributed by atoms with Crippen molar-refractivity contribution in [3.05, 3.63) is 23.9 Å². The molecule has 0 aliphatic carbocycles. The normalized spacial score (nSPS) is 20.9. The highest BCUT2D eigenvalue weighted by molar-refractivity contribution is 14.0. The molecular weight excluding hydrogens is 455 g/mol. The molecule has 1 aliphatic heterocycles. The highest BCUT2D eigenvalue weighted by Gasteiger charge is 2.29. The second-order valence-electron chi connectivity index (χ2n) is 7.74. The number of ether oxygens (including phenoxy) is 2. The van der Waals surface area contributed by atoms with Crippen LogP contribution in [0.4, 0.5) is 0 Å². The summed E-state index contributed by atoms with van der Waals surface area (Å²) in [4.78, 5) is 8.61. The molecule has 0 amide bonds. The minimum Gasteiger partial charge on any atom is -0.475 e. The van der Waals surface area contributed by atoms with Crippen LogP contribution in [0, 0.1) is 5.92 Å². The standard InChI is InChI=1S/C20H34N4O2.HI/c1-15(2)11-16(3)26-18-12-17(7-9-22-18)13-23-19(21-5)24-14-20(4)8-6-10-25-20;/h7,9,12,15-16H,6,8,10-11,13-14H2,1-5H3,(H2,21,23,24);1H. The van der Waals surface area contributed by atoms with E-state index in [4.69, 9.17) is 9.47 Å². The van der Waals surface area contributed by atoms with Gasteiger partial charge in [0.2, 0.25) is 5.88 Å². The fourth-order valence-electron chi connectivity index (χ4n) is 3.20. The Bertz CT molecular complexity index is 589. The van der Waals surface area contributed by atoms with Gasteiger partial charge in [-0.15, -0.1) is 24.0 Å². The van der Waals surface area contributed by atoms with Gasteiger partial charge in [-0.05, 0) is 50.7 Å². The van der Waals surface area contributed by atoms with Crippen LogP contribution in [0.15, 0.2) is 23.3 Å². The smallest absolute Gasteiger partial charge is 0.213 e. The van der Waals surface area contributed by atoms with Crippen LogP contribution in [0.25, 0.3) is 0 Å². The van der Waals surface area contributed by atoms with Crippen molar-refractivity contribution in [2.24, 2.45) is 10.9 Å².